The van der Waals surface area contributed by atoms with Gasteiger partial charge in [-0.05, 0) is 74.4 Å². The second-order valence-electron chi connectivity index (χ2n) is 9.03. The Bertz CT molecular complexity index is 1080. The SMILES string of the molecule is CCOc1ccc(Cc2nc3cc(N(C)C(=O)C4CCC4)ccc3n2CC2CC2)cc1. The Morgan fingerprint density at radius 2 is 1.90 bits per heavy atom. The van der Waals surface area contributed by atoms with E-state index in [2.05, 4.69) is 34.9 Å². The summed E-state index contributed by atoms with van der Waals surface area (Å²) < 4.78 is 7.96. The third kappa shape index (κ3) is 4.18. The summed E-state index contributed by atoms with van der Waals surface area (Å²) >= 11 is 0. The van der Waals surface area contributed by atoms with Crippen LogP contribution in [0.15, 0.2) is 42.5 Å². The van der Waals surface area contributed by atoms with Crippen LogP contribution < -0.4 is 9.64 Å². The van der Waals surface area contributed by atoms with Crippen LogP contribution in [0.25, 0.3) is 11.0 Å². The van der Waals surface area contributed by atoms with E-state index in [1.807, 2.05) is 31.0 Å². The molecule has 1 heterocycles. The van der Waals surface area contributed by atoms with Crippen LogP contribution in [0.2, 0.25) is 0 Å². The van der Waals surface area contributed by atoms with E-state index in [0.717, 1.165) is 54.5 Å². The molecule has 0 saturated heterocycles. The summed E-state index contributed by atoms with van der Waals surface area (Å²) in [6.45, 7) is 3.70. The minimum atomic E-state index is 0.198. The van der Waals surface area contributed by atoms with Gasteiger partial charge in [0.05, 0.1) is 17.6 Å². The first-order valence-electron chi connectivity index (χ1n) is 11.6. The van der Waals surface area contributed by atoms with Crippen LogP contribution in [0.3, 0.4) is 0 Å². The Balaban J connectivity index is 1.44. The lowest BCUT2D eigenvalue weighted by atomic mass is 9.84. The van der Waals surface area contributed by atoms with E-state index in [0.29, 0.717) is 6.61 Å². The predicted molar refractivity (Wildman–Crippen MR) is 124 cm³/mol. The number of hydrogen-bond donors (Lipinski definition) is 0. The summed E-state index contributed by atoms with van der Waals surface area (Å²) in [6.07, 6.45) is 6.61. The van der Waals surface area contributed by atoms with Crippen LogP contribution in [-0.2, 0) is 17.8 Å². The van der Waals surface area contributed by atoms with Crippen molar-refractivity contribution >= 4 is 22.6 Å². The van der Waals surface area contributed by atoms with E-state index < -0.39 is 0 Å². The Labute approximate surface area is 184 Å². The van der Waals surface area contributed by atoms with Gasteiger partial charge in [-0.15, -0.1) is 0 Å². The Morgan fingerprint density at radius 1 is 1.13 bits per heavy atom. The van der Waals surface area contributed by atoms with Crippen molar-refractivity contribution in [2.75, 3.05) is 18.6 Å². The van der Waals surface area contributed by atoms with Gasteiger partial charge in [0, 0.05) is 31.6 Å². The fourth-order valence-electron chi connectivity index (χ4n) is 4.38. The molecule has 5 nitrogen and oxygen atoms in total. The number of hydrogen-bond acceptors (Lipinski definition) is 3. The van der Waals surface area contributed by atoms with Crippen molar-refractivity contribution in [3.8, 4) is 5.75 Å². The molecule has 0 aliphatic heterocycles. The molecule has 5 heteroatoms. The first kappa shape index (κ1) is 20.1. The largest absolute Gasteiger partial charge is 0.494 e. The standard InChI is InChI=1S/C26H31N3O2/c1-3-31-22-12-9-18(10-13-22)15-25-27-23-16-21(28(2)26(30)20-5-4-6-20)11-14-24(23)29(25)17-19-7-8-19/h9-14,16,19-20H,3-8,15,17H2,1-2H3. The first-order chi connectivity index (χ1) is 15.1. The number of benzene rings is 2. The van der Waals surface area contributed by atoms with Gasteiger partial charge in [0.1, 0.15) is 11.6 Å². The lowest BCUT2D eigenvalue weighted by Crippen LogP contribution is -2.36. The average Bonchev–Trinajstić information content (AvgIpc) is 3.49. The number of aromatic nitrogens is 2. The highest BCUT2D eigenvalue weighted by atomic mass is 16.5. The molecule has 2 aliphatic rings. The zero-order valence-electron chi connectivity index (χ0n) is 18.5. The number of imidazole rings is 1. The summed E-state index contributed by atoms with van der Waals surface area (Å²) in [4.78, 5) is 19.5. The second-order valence-corrected chi connectivity index (χ2v) is 9.03. The van der Waals surface area contributed by atoms with E-state index in [9.17, 15) is 4.79 Å². The lowest BCUT2D eigenvalue weighted by molar-refractivity contribution is -0.124. The highest BCUT2D eigenvalue weighted by Crippen LogP contribution is 2.34. The molecule has 0 unspecified atom stereocenters. The summed E-state index contributed by atoms with van der Waals surface area (Å²) in [5, 5.41) is 0. The molecule has 3 aromatic rings. The molecule has 1 aromatic heterocycles. The quantitative estimate of drug-likeness (QED) is 0.506. The maximum absolute atomic E-state index is 12.7. The van der Waals surface area contributed by atoms with Gasteiger partial charge in [0.25, 0.3) is 0 Å². The number of carbonyl (C=O) groups excluding carboxylic acids is 1. The van der Waals surface area contributed by atoms with Crippen LogP contribution in [0.4, 0.5) is 5.69 Å². The van der Waals surface area contributed by atoms with E-state index in [-0.39, 0.29) is 11.8 Å². The van der Waals surface area contributed by atoms with Crippen molar-refractivity contribution in [1.82, 2.24) is 9.55 Å². The maximum Gasteiger partial charge on any atom is 0.229 e. The highest BCUT2D eigenvalue weighted by Gasteiger charge is 2.29. The minimum Gasteiger partial charge on any atom is -0.494 e. The molecule has 5 rings (SSSR count). The molecule has 2 aliphatic carbocycles. The van der Waals surface area contributed by atoms with Crippen LogP contribution in [0.5, 0.6) is 5.75 Å². The number of nitrogens with zero attached hydrogens (tertiary/aromatic N) is 3. The van der Waals surface area contributed by atoms with Crippen molar-refractivity contribution in [1.29, 1.82) is 0 Å². The van der Waals surface area contributed by atoms with Crippen LogP contribution in [0.1, 0.15) is 50.4 Å². The highest BCUT2D eigenvalue weighted by molar-refractivity contribution is 5.96. The van der Waals surface area contributed by atoms with Crippen LogP contribution >= 0.6 is 0 Å². The Kier molecular flexibility index (Phi) is 5.43. The van der Waals surface area contributed by atoms with Gasteiger partial charge in [0.15, 0.2) is 0 Å². The molecule has 0 spiro atoms. The number of anilines is 1. The fourth-order valence-corrected chi connectivity index (χ4v) is 4.38. The van der Waals surface area contributed by atoms with E-state index in [1.54, 1.807) is 0 Å². The van der Waals surface area contributed by atoms with Gasteiger partial charge in [-0.25, -0.2) is 4.98 Å². The molecule has 0 bridgehead atoms. The number of rotatable bonds is 8. The number of fused-ring (bicyclic) bond motifs is 1. The molecule has 2 fully saturated rings. The second kappa shape index (κ2) is 8.37. The third-order valence-corrected chi connectivity index (χ3v) is 6.72. The third-order valence-electron chi connectivity index (χ3n) is 6.72. The lowest BCUT2D eigenvalue weighted by Gasteiger charge is -2.29. The molecular formula is C26H31N3O2. The topological polar surface area (TPSA) is 47.4 Å². The van der Waals surface area contributed by atoms with Crippen molar-refractivity contribution < 1.29 is 9.53 Å². The molecule has 162 valence electrons. The summed E-state index contributed by atoms with van der Waals surface area (Å²) in [7, 11) is 1.89. The Morgan fingerprint density at radius 3 is 2.55 bits per heavy atom. The Hall–Kier alpha value is -2.82. The van der Waals surface area contributed by atoms with Crippen LogP contribution in [-0.4, -0.2) is 29.1 Å². The monoisotopic (exact) mass is 417 g/mol. The molecule has 0 N–H and O–H groups in total. The molecule has 2 aromatic carbocycles. The molecule has 0 atom stereocenters. The van der Waals surface area contributed by atoms with Gasteiger partial charge in [-0.3, -0.25) is 4.79 Å². The van der Waals surface area contributed by atoms with Crippen molar-refractivity contribution in [2.24, 2.45) is 11.8 Å². The summed E-state index contributed by atoms with van der Waals surface area (Å²) in [6, 6.07) is 14.6. The van der Waals surface area contributed by atoms with Gasteiger partial charge >= 0.3 is 0 Å². The number of amides is 1. The zero-order valence-corrected chi connectivity index (χ0v) is 18.5. The fraction of sp³-hybridized carbons (Fsp3) is 0.462. The van der Waals surface area contributed by atoms with Crippen molar-refractivity contribution in [3.05, 3.63) is 53.9 Å². The minimum absolute atomic E-state index is 0.198. The molecule has 31 heavy (non-hydrogen) atoms. The normalized spacial score (nSPS) is 16.3. The van der Waals surface area contributed by atoms with E-state index in [1.165, 1.54) is 30.3 Å². The van der Waals surface area contributed by atoms with E-state index in [4.69, 9.17) is 9.72 Å². The van der Waals surface area contributed by atoms with Gasteiger partial charge in [0.2, 0.25) is 5.91 Å². The van der Waals surface area contributed by atoms with Crippen molar-refractivity contribution in [3.63, 3.8) is 0 Å². The summed E-state index contributed by atoms with van der Waals surface area (Å²) in [5.41, 5.74) is 4.31. The summed E-state index contributed by atoms with van der Waals surface area (Å²) in [5.74, 6) is 3.19. The van der Waals surface area contributed by atoms with Crippen molar-refractivity contribution in [2.45, 2.75) is 52.0 Å². The van der Waals surface area contributed by atoms with Crippen LogP contribution in [0, 0.1) is 11.8 Å². The predicted octanol–water partition coefficient (Wildman–Crippen LogP) is 5.20. The van der Waals surface area contributed by atoms with Gasteiger partial charge in [-0.2, -0.15) is 0 Å². The molecule has 2 saturated carbocycles. The smallest absolute Gasteiger partial charge is 0.229 e. The zero-order chi connectivity index (χ0) is 21.4. The van der Waals surface area contributed by atoms with E-state index >= 15 is 0 Å². The van der Waals surface area contributed by atoms with Gasteiger partial charge < -0.3 is 14.2 Å². The van der Waals surface area contributed by atoms with Gasteiger partial charge in [-0.1, -0.05) is 18.6 Å². The first-order valence-corrected chi connectivity index (χ1v) is 11.6. The average molecular weight is 418 g/mol. The molecular weight excluding hydrogens is 386 g/mol. The number of carbonyl (C=O) groups is 1. The number of ether oxygens (including phenoxy) is 1. The molecule has 0 radical (unpaired) electrons. The maximum atomic E-state index is 12.7. The molecule has 1 amide bonds.